The van der Waals surface area contributed by atoms with Crippen molar-refractivity contribution in [1.82, 2.24) is 14.5 Å². The molecule has 0 bridgehead atoms. The molecule has 23 heavy (non-hydrogen) atoms. The molecule has 0 unspecified atom stereocenters. The number of nitrogen functional groups attached to an aromatic ring is 2. The van der Waals surface area contributed by atoms with Gasteiger partial charge in [-0.15, -0.1) is 5.11 Å². The minimum absolute atomic E-state index is 0.152. The molecule has 0 saturated carbocycles. The van der Waals surface area contributed by atoms with Gasteiger partial charge in [0.1, 0.15) is 5.82 Å². The van der Waals surface area contributed by atoms with Gasteiger partial charge in [-0.3, -0.25) is 5.10 Å². The minimum Gasteiger partial charge on any atom is -0.382 e. The van der Waals surface area contributed by atoms with E-state index in [1.807, 2.05) is 0 Å². The molecule has 122 valence electrons. The van der Waals surface area contributed by atoms with E-state index in [4.69, 9.17) is 11.5 Å². The van der Waals surface area contributed by atoms with Gasteiger partial charge in [0.25, 0.3) is 0 Å². The molecule has 1 aromatic heterocycles. The van der Waals surface area contributed by atoms with Crippen molar-refractivity contribution in [1.29, 1.82) is 0 Å². The molecule has 0 atom stereocenters. The average Bonchev–Trinajstić information content (AvgIpc) is 3.18. The first-order valence-corrected chi connectivity index (χ1v) is 8.54. The smallest absolute Gasteiger partial charge is 0.243 e. The van der Waals surface area contributed by atoms with Crippen molar-refractivity contribution >= 4 is 33.0 Å². The first-order chi connectivity index (χ1) is 11.0. The number of H-pyrrole nitrogens is 1. The number of hydrogen-bond acceptors (Lipinski definition) is 7. The maximum atomic E-state index is 12.4. The van der Waals surface area contributed by atoms with Crippen LogP contribution in [0.5, 0.6) is 0 Å². The molecule has 1 aliphatic heterocycles. The molecule has 0 aliphatic carbocycles. The normalized spacial score (nSPS) is 16.3. The number of nitrogens with zero attached hydrogens (tertiary/aromatic N) is 4. The summed E-state index contributed by atoms with van der Waals surface area (Å²) >= 11 is 0. The number of benzene rings is 1. The van der Waals surface area contributed by atoms with E-state index in [-0.39, 0.29) is 22.2 Å². The molecule has 10 heteroatoms. The van der Waals surface area contributed by atoms with Gasteiger partial charge in [0.15, 0.2) is 11.5 Å². The predicted octanol–water partition coefficient (Wildman–Crippen LogP) is 1.77. The van der Waals surface area contributed by atoms with Gasteiger partial charge in [-0.05, 0) is 37.1 Å². The van der Waals surface area contributed by atoms with Crippen molar-refractivity contribution in [2.24, 2.45) is 10.2 Å². The first-order valence-electron chi connectivity index (χ1n) is 7.10. The number of aromatic amines is 1. The van der Waals surface area contributed by atoms with Crippen LogP contribution in [0.2, 0.25) is 0 Å². The second-order valence-corrected chi connectivity index (χ2v) is 7.11. The van der Waals surface area contributed by atoms with Gasteiger partial charge < -0.3 is 11.5 Å². The molecule has 1 saturated heterocycles. The highest BCUT2D eigenvalue weighted by atomic mass is 32.2. The van der Waals surface area contributed by atoms with E-state index in [9.17, 15) is 8.42 Å². The molecule has 2 aromatic rings. The lowest BCUT2D eigenvalue weighted by molar-refractivity contribution is 0.477. The quantitative estimate of drug-likeness (QED) is 0.730. The molecule has 3 rings (SSSR count). The Morgan fingerprint density at radius 3 is 2.30 bits per heavy atom. The molecule has 5 N–H and O–H groups in total. The Morgan fingerprint density at radius 1 is 1.09 bits per heavy atom. The van der Waals surface area contributed by atoms with E-state index in [0.717, 1.165) is 12.8 Å². The minimum atomic E-state index is -3.42. The summed E-state index contributed by atoms with van der Waals surface area (Å²) in [6.45, 7) is 1.14. The fourth-order valence-electron chi connectivity index (χ4n) is 2.34. The highest BCUT2D eigenvalue weighted by Crippen LogP contribution is 2.29. The summed E-state index contributed by atoms with van der Waals surface area (Å²) in [5, 5.41) is 14.1. The zero-order valence-corrected chi connectivity index (χ0v) is 13.1. The number of sulfonamides is 1. The standard InChI is InChI=1S/C13H17N7O2S/c14-12-11(13(15)19-18-12)17-16-9-3-5-10(6-4-9)23(21,22)20-7-1-2-8-20/h3-6H,1-2,7-8H2,(H5,14,15,18,19). The summed E-state index contributed by atoms with van der Waals surface area (Å²) in [4.78, 5) is 0.251. The van der Waals surface area contributed by atoms with Crippen molar-refractivity contribution in [3.8, 4) is 0 Å². The van der Waals surface area contributed by atoms with E-state index in [1.54, 1.807) is 12.1 Å². The molecule has 0 spiro atoms. The highest BCUT2D eigenvalue weighted by Gasteiger charge is 2.26. The maximum Gasteiger partial charge on any atom is 0.243 e. The largest absolute Gasteiger partial charge is 0.382 e. The Morgan fingerprint density at radius 2 is 1.74 bits per heavy atom. The van der Waals surface area contributed by atoms with Crippen LogP contribution in [0.25, 0.3) is 0 Å². The second kappa shape index (κ2) is 5.97. The molecular formula is C13H17N7O2S. The van der Waals surface area contributed by atoms with Crippen molar-refractivity contribution in [2.45, 2.75) is 17.7 Å². The van der Waals surface area contributed by atoms with Crippen LogP contribution < -0.4 is 11.5 Å². The molecule has 1 aromatic carbocycles. The second-order valence-electron chi connectivity index (χ2n) is 5.18. The maximum absolute atomic E-state index is 12.4. The van der Waals surface area contributed by atoms with Crippen LogP contribution in [-0.2, 0) is 10.0 Å². The molecule has 0 amide bonds. The Hall–Kier alpha value is -2.46. The van der Waals surface area contributed by atoms with Crippen LogP contribution in [0, 0.1) is 0 Å². The number of nitrogens with one attached hydrogen (secondary N) is 1. The lowest BCUT2D eigenvalue weighted by atomic mass is 10.3. The van der Waals surface area contributed by atoms with Crippen molar-refractivity contribution in [3.63, 3.8) is 0 Å². The number of aromatic nitrogens is 2. The van der Waals surface area contributed by atoms with Gasteiger partial charge in [-0.2, -0.15) is 14.5 Å². The Bertz CT molecular complexity index is 801. The van der Waals surface area contributed by atoms with Crippen molar-refractivity contribution in [2.75, 3.05) is 24.6 Å². The van der Waals surface area contributed by atoms with Crippen molar-refractivity contribution < 1.29 is 8.42 Å². The van der Waals surface area contributed by atoms with Crippen molar-refractivity contribution in [3.05, 3.63) is 24.3 Å². The van der Waals surface area contributed by atoms with E-state index >= 15 is 0 Å². The summed E-state index contributed by atoms with van der Waals surface area (Å²) < 4.78 is 26.3. The number of rotatable bonds is 4. The van der Waals surface area contributed by atoms with E-state index in [1.165, 1.54) is 16.4 Å². The molecule has 2 heterocycles. The van der Waals surface area contributed by atoms with Gasteiger partial charge in [-0.1, -0.05) is 0 Å². The van der Waals surface area contributed by atoms with Crippen LogP contribution in [0.3, 0.4) is 0 Å². The van der Waals surface area contributed by atoms with E-state index < -0.39 is 10.0 Å². The summed E-state index contributed by atoms with van der Waals surface area (Å²) in [6.07, 6.45) is 1.80. The van der Waals surface area contributed by atoms with Crippen LogP contribution >= 0.6 is 0 Å². The summed E-state index contributed by atoms with van der Waals surface area (Å²) in [5.74, 6) is 0.374. The molecule has 0 radical (unpaired) electrons. The summed E-state index contributed by atoms with van der Waals surface area (Å²) in [7, 11) is -3.42. The number of anilines is 2. The van der Waals surface area contributed by atoms with Gasteiger partial charge in [-0.25, -0.2) is 8.42 Å². The third-order valence-electron chi connectivity index (χ3n) is 3.60. The number of nitrogens with two attached hydrogens (primary N) is 2. The predicted molar refractivity (Wildman–Crippen MR) is 86.0 cm³/mol. The fraction of sp³-hybridized carbons (Fsp3) is 0.308. The summed E-state index contributed by atoms with van der Waals surface area (Å²) in [5.41, 5.74) is 12.0. The highest BCUT2D eigenvalue weighted by molar-refractivity contribution is 7.89. The van der Waals surface area contributed by atoms with Gasteiger partial charge in [0, 0.05) is 13.1 Å². The lowest BCUT2D eigenvalue weighted by Crippen LogP contribution is -2.27. The Labute approximate surface area is 133 Å². The molecule has 1 aliphatic rings. The summed E-state index contributed by atoms with van der Waals surface area (Å²) in [6, 6.07) is 6.20. The van der Waals surface area contributed by atoms with E-state index in [0.29, 0.717) is 18.8 Å². The number of azo groups is 1. The molecule has 9 nitrogen and oxygen atoms in total. The third-order valence-corrected chi connectivity index (χ3v) is 5.51. The zero-order valence-electron chi connectivity index (χ0n) is 12.3. The Kier molecular flexibility index (Phi) is 4.01. The Balaban J connectivity index is 1.80. The van der Waals surface area contributed by atoms with Gasteiger partial charge >= 0.3 is 0 Å². The van der Waals surface area contributed by atoms with Gasteiger partial charge in [0.05, 0.1) is 10.6 Å². The molecule has 1 fully saturated rings. The fourth-order valence-corrected chi connectivity index (χ4v) is 3.86. The monoisotopic (exact) mass is 335 g/mol. The van der Waals surface area contributed by atoms with Crippen LogP contribution in [0.4, 0.5) is 23.0 Å². The first kappa shape index (κ1) is 15.4. The van der Waals surface area contributed by atoms with Crippen LogP contribution in [-0.4, -0.2) is 36.0 Å². The SMILES string of the molecule is Nc1n[nH]c(N)c1N=Nc1ccc(S(=O)(=O)N2CCCC2)cc1. The lowest BCUT2D eigenvalue weighted by Gasteiger charge is -2.15. The van der Waals surface area contributed by atoms with Crippen LogP contribution in [0.1, 0.15) is 12.8 Å². The van der Waals surface area contributed by atoms with Gasteiger partial charge in [0.2, 0.25) is 10.0 Å². The van der Waals surface area contributed by atoms with E-state index in [2.05, 4.69) is 20.4 Å². The third kappa shape index (κ3) is 3.03. The average molecular weight is 335 g/mol. The van der Waals surface area contributed by atoms with Crippen LogP contribution in [0.15, 0.2) is 39.4 Å². The topological polar surface area (TPSA) is 143 Å². The number of hydrogen-bond donors (Lipinski definition) is 3. The zero-order chi connectivity index (χ0) is 16.4. The molecular weight excluding hydrogens is 318 g/mol.